The lowest BCUT2D eigenvalue weighted by Crippen LogP contribution is -2.67. The van der Waals surface area contributed by atoms with Crippen LogP contribution < -0.4 is 37.2 Å². The average Bonchev–Trinajstić information content (AvgIpc) is 1.44. The van der Waals surface area contributed by atoms with E-state index in [0.29, 0.717) is 28.9 Å². The van der Waals surface area contributed by atoms with Gasteiger partial charge in [-0.25, -0.2) is 4.79 Å². The lowest BCUT2D eigenvalue weighted by Gasteiger charge is -2.43. The summed E-state index contributed by atoms with van der Waals surface area (Å²) >= 11 is 3.25. The number of carbonyl (C=O) groups is 10. The summed E-state index contributed by atoms with van der Waals surface area (Å²) in [5.74, 6) is -11.9. The molecule has 9 amide bonds. The topological polar surface area (TPSA) is 412 Å². The molecule has 2 saturated heterocycles. The molecule has 3 aromatic carbocycles. The van der Waals surface area contributed by atoms with Crippen LogP contribution in [0.1, 0.15) is 97.3 Å². The molecule has 0 saturated carbocycles. The maximum Gasteiger partial charge on any atom is 0.329 e. The number of halogens is 1. The van der Waals surface area contributed by atoms with Gasteiger partial charge < -0.3 is 87.5 Å². The molecule has 13 atom stereocenters. The van der Waals surface area contributed by atoms with Crippen molar-refractivity contribution in [2.75, 3.05) is 13.7 Å². The second-order valence-electron chi connectivity index (χ2n) is 22.9. The van der Waals surface area contributed by atoms with E-state index in [0.717, 1.165) is 10.5 Å². The van der Waals surface area contributed by atoms with E-state index in [1.807, 2.05) is 0 Å². The van der Waals surface area contributed by atoms with Crippen LogP contribution in [0.15, 0.2) is 71.2 Å². The number of hydrogen-bond donors (Lipinski definition) is 14. The van der Waals surface area contributed by atoms with Gasteiger partial charge in [-0.3, -0.25) is 43.2 Å². The standard InChI is InChI=1S/C60H82BrN9O18/c1-29(2)47(66-51(78)31(5)62-52(79)40(63-55(82)45(76)28-71)11-9-10-34-12-18-37(73)19-13-34)56(83)68-49-33(7)88-60(87)48(30(3)4)67-54(81)43(27-36-17-24-44(75)39(61)26-36)69(8)59(86)50(32(6)72)70-46(77)25-23-42(58(70)85)65-53(80)41(64-57(49)84)22-16-35-14-20-38(74)21-15-35/h12-15,17-21,24,26,29-33,40-43,45-50,71-77H,9-11,16,22-23,25,27-28H2,1-8H3,(H,62,79)(H,63,82)(H,64,84)(H,65,80)(H,66,78)(H,67,81)(H,68,83)/t31-,32-,33+,40-,41-,42-,43-,45+,46+,47+,48-,49?,50?/m0/s1. The van der Waals surface area contributed by atoms with Gasteiger partial charge in [0.1, 0.15) is 84.0 Å². The van der Waals surface area contributed by atoms with E-state index < -0.39 is 156 Å². The van der Waals surface area contributed by atoms with Crippen molar-refractivity contribution in [3.63, 3.8) is 0 Å². The molecule has 3 aromatic rings. The van der Waals surface area contributed by atoms with Crippen LogP contribution >= 0.6 is 15.9 Å². The Kier molecular flexibility index (Phi) is 26.0. The molecule has 0 spiro atoms. The van der Waals surface area contributed by atoms with Gasteiger partial charge in [0.2, 0.25) is 47.3 Å². The highest BCUT2D eigenvalue weighted by atomic mass is 79.9. The fourth-order valence-corrected chi connectivity index (χ4v) is 10.5. The van der Waals surface area contributed by atoms with Crippen LogP contribution in [0.4, 0.5) is 0 Å². The summed E-state index contributed by atoms with van der Waals surface area (Å²) in [6, 6.07) is 2.28. The molecule has 2 heterocycles. The molecule has 2 fully saturated rings. The quantitative estimate of drug-likeness (QED) is 0.0587. The Hall–Kier alpha value is -7.92. The predicted octanol–water partition coefficient (Wildman–Crippen LogP) is -0.695. The lowest BCUT2D eigenvalue weighted by molar-refractivity contribution is -0.170. The van der Waals surface area contributed by atoms with Gasteiger partial charge in [0.25, 0.3) is 5.91 Å². The molecule has 27 nitrogen and oxygen atoms in total. The Bertz CT molecular complexity index is 2970. The van der Waals surface area contributed by atoms with Gasteiger partial charge in [-0.2, -0.15) is 0 Å². The minimum Gasteiger partial charge on any atom is -0.508 e. The van der Waals surface area contributed by atoms with Crippen molar-refractivity contribution in [1.29, 1.82) is 0 Å². The SMILES string of the molecule is CC(C)[C@@H]1NC(=O)[C@H](Cc2ccc(O)c(Br)c2)N(C)C(=O)C([C@H](C)O)N2C(=O)[C@H](CC[C@H]2O)NC(=O)[C@H](CCc2ccc(O)cc2)NC(=O)C(NC(=O)[C@H](NC(=O)[C@H](C)NC(=O)[C@H](CCCc2ccc(O)cc2)NC(=O)[C@H](O)CO)C(C)C)[C@@H](C)OC1=O. The van der Waals surface area contributed by atoms with Crippen LogP contribution in [-0.2, 0) is 71.9 Å². The van der Waals surface area contributed by atoms with Crippen LogP contribution in [-0.4, -0.2) is 197 Å². The van der Waals surface area contributed by atoms with Gasteiger partial charge in [0, 0.05) is 13.5 Å². The monoisotopic (exact) mass is 1300 g/mol. The second-order valence-corrected chi connectivity index (χ2v) is 23.8. The third-order valence-corrected chi connectivity index (χ3v) is 16.0. The number of fused-ring (bicyclic) bond motifs is 2. The molecule has 2 aliphatic heterocycles. The minimum atomic E-state index is -1.92. The highest BCUT2D eigenvalue weighted by molar-refractivity contribution is 9.10. The van der Waals surface area contributed by atoms with Crippen LogP contribution in [0, 0.1) is 11.8 Å². The first-order valence-electron chi connectivity index (χ1n) is 29.0. The predicted molar refractivity (Wildman–Crippen MR) is 319 cm³/mol. The molecule has 28 heteroatoms. The summed E-state index contributed by atoms with van der Waals surface area (Å²) in [7, 11) is 1.22. The van der Waals surface area contributed by atoms with Gasteiger partial charge in [-0.1, -0.05) is 58.0 Å². The van der Waals surface area contributed by atoms with Gasteiger partial charge in [-0.05, 0) is 147 Å². The number of cyclic esters (lactones) is 1. The van der Waals surface area contributed by atoms with Gasteiger partial charge in [-0.15, -0.1) is 0 Å². The number of aliphatic hydroxyl groups is 4. The maximum absolute atomic E-state index is 15.0. The zero-order valence-electron chi connectivity index (χ0n) is 50.3. The third kappa shape index (κ3) is 19.3. The summed E-state index contributed by atoms with van der Waals surface area (Å²) < 4.78 is 6.16. The first-order valence-corrected chi connectivity index (χ1v) is 29.8. The van der Waals surface area contributed by atoms with Crippen molar-refractivity contribution in [3.8, 4) is 17.2 Å². The van der Waals surface area contributed by atoms with Crippen LogP contribution in [0.25, 0.3) is 0 Å². The van der Waals surface area contributed by atoms with Crippen LogP contribution in [0.5, 0.6) is 17.2 Å². The van der Waals surface area contributed by atoms with E-state index in [9.17, 15) is 83.7 Å². The molecule has 0 radical (unpaired) electrons. The number of phenolic OH excluding ortho intramolecular Hbond substituents is 3. The fraction of sp³-hybridized carbons (Fsp3) is 0.533. The van der Waals surface area contributed by atoms with E-state index >= 15 is 0 Å². The number of amides is 9. The van der Waals surface area contributed by atoms with E-state index in [1.165, 1.54) is 70.3 Å². The Morgan fingerprint density at radius 3 is 1.89 bits per heavy atom. The molecule has 482 valence electrons. The number of hydrogen-bond acceptors (Lipinski definition) is 18. The average molecular weight is 1300 g/mol. The Morgan fingerprint density at radius 2 is 1.32 bits per heavy atom. The summed E-state index contributed by atoms with van der Waals surface area (Å²) in [5, 5.41) is 89.9. The highest BCUT2D eigenvalue weighted by Gasteiger charge is 2.47. The molecule has 5 rings (SSSR count). The summed E-state index contributed by atoms with van der Waals surface area (Å²) in [6.45, 7) is 8.96. The van der Waals surface area contributed by atoms with Crippen molar-refractivity contribution in [2.45, 2.75) is 179 Å². The fourth-order valence-electron chi connectivity index (χ4n) is 10.1. The number of piperidine rings is 1. The first kappa shape index (κ1) is 70.8. The van der Waals surface area contributed by atoms with E-state index in [-0.39, 0.29) is 60.2 Å². The van der Waals surface area contributed by atoms with Gasteiger partial charge in [0.05, 0.1) is 17.2 Å². The number of ether oxygens (including phenoxy) is 1. The first-order chi connectivity index (χ1) is 41.4. The second kappa shape index (κ2) is 32.3. The molecule has 2 aliphatic rings. The number of aromatic hydroxyl groups is 3. The number of carbonyl (C=O) groups excluding carboxylic acids is 10. The summed E-state index contributed by atoms with van der Waals surface area (Å²) in [5.41, 5.74) is 1.76. The normalized spacial score (nSPS) is 23.4. The minimum absolute atomic E-state index is 0.0121. The van der Waals surface area contributed by atoms with Crippen LogP contribution in [0.2, 0.25) is 0 Å². The Morgan fingerprint density at radius 1 is 0.716 bits per heavy atom. The molecule has 2 bridgehead atoms. The Balaban J connectivity index is 1.52. The molecule has 88 heavy (non-hydrogen) atoms. The van der Waals surface area contributed by atoms with E-state index in [1.54, 1.807) is 52.0 Å². The highest BCUT2D eigenvalue weighted by Crippen LogP contribution is 2.28. The van der Waals surface area contributed by atoms with Crippen LogP contribution in [0.3, 0.4) is 0 Å². The summed E-state index contributed by atoms with van der Waals surface area (Å²) in [6.07, 6.45) is -7.12. The largest absolute Gasteiger partial charge is 0.508 e. The van der Waals surface area contributed by atoms with Crippen molar-refractivity contribution < 1.29 is 88.4 Å². The zero-order valence-corrected chi connectivity index (χ0v) is 51.9. The number of esters is 1. The molecular formula is C60H82BrN9O18. The number of rotatable bonds is 21. The lowest BCUT2D eigenvalue weighted by atomic mass is 9.96. The van der Waals surface area contributed by atoms with Crippen molar-refractivity contribution in [2.24, 2.45) is 11.8 Å². The number of nitrogens with zero attached hydrogens (tertiary/aromatic N) is 2. The van der Waals surface area contributed by atoms with Gasteiger partial charge >= 0.3 is 5.97 Å². The number of aliphatic hydroxyl groups excluding tert-OH is 4. The molecule has 0 aromatic heterocycles. The maximum atomic E-state index is 15.0. The molecule has 0 aliphatic carbocycles. The number of benzene rings is 3. The van der Waals surface area contributed by atoms with E-state index in [2.05, 4.69) is 53.1 Å². The number of likely N-dealkylation sites (N-methyl/N-ethyl adjacent to an activating group) is 1. The van der Waals surface area contributed by atoms with Crippen molar-refractivity contribution >= 4 is 75.1 Å². The van der Waals surface area contributed by atoms with Gasteiger partial charge in [0.15, 0.2) is 6.10 Å². The third-order valence-electron chi connectivity index (χ3n) is 15.3. The molecular weight excluding hydrogens is 1210 g/mol. The number of aryl methyl sites for hydroxylation is 2. The smallest absolute Gasteiger partial charge is 0.329 e. The zero-order chi connectivity index (χ0) is 65.4. The number of phenols is 3. The summed E-state index contributed by atoms with van der Waals surface area (Å²) in [4.78, 5) is 145. The molecule has 14 N–H and O–H groups in total. The van der Waals surface area contributed by atoms with Crippen molar-refractivity contribution in [3.05, 3.63) is 87.9 Å². The Labute approximate surface area is 517 Å². The molecule has 2 unspecified atom stereocenters. The van der Waals surface area contributed by atoms with E-state index in [4.69, 9.17) is 4.74 Å². The number of nitrogens with one attached hydrogen (secondary N) is 7. The van der Waals surface area contributed by atoms with Crippen molar-refractivity contribution in [1.82, 2.24) is 47.0 Å².